The van der Waals surface area contributed by atoms with Gasteiger partial charge in [0.05, 0.1) is 17.2 Å². The highest BCUT2D eigenvalue weighted by Crippen LogP contribution is 2.16. The maximum absolute atomic E-state index is 12.5. The zero-order valence-electron chi connectivity index (χ0n) is 18.6. The Hall–Kier alpha value is -3.50. The summed E-state index contributed by atoms with van der Waals surface area (Å²) in [5.41, 5.74) is 1.79. The number of nitrogens with zero attached hydrogens (tertiary/aromatic N) is 2. The molecule has 3 aromatic rings. The van der Waals surface area contributed by atoms with Crippen LogP contribution in [0, 0.1) is 0 Å². The zero-order valence-corrected chi connectivity index (χ0v) is 19.4. The highest BCUT2D eigenvalue weighted by Gasteiger charge is 2.17. The SMILES string of the molecule is CCOC(=O)c1ccn(-c2ccc(NC(=O)c3ccc(S(=O)(=O)NC(C)CC)cc3)cc2)n1. The lowest BCUT2D eigenvalue weighted by atomic mass is 10.2. The topological polar surface area (TPSA) is 119 Å². The number of sulfonamides is 1. The molecule has 174 valence electrons. The Morgan fingerprint density at radius 2 is 1.70 bits per heavy atom. The molecule has 0 saturated heterocycles. The highest BCUT2D eigenvalue weighted by atomic mass is 32.2. The fourth-order valence-electron chi connectivity index (χ4n) is 2.88. The number of benzene rings is 2. The molecule has 0 saturated carbocycles. The predicted octanol–water partition coefficient (Wildman–Crippen LogP) is 3.38. The van der Waals surface area contributed by atoms with Crippen molar-refractivity contribution in [3.63, 3.8) is 0 Å². The minimum Gasteiger partial charge on any atom is -0.461 e. The Morgan fingerprint density at radius 3 is 2.30 bits per heavy atom. The smallest absolute Gasteiger partial charge is 0.358 e. The van der Waals surface area contributed by atoms with Gasteiger partial charge in [0.25, 0.3) is 5.91 Å². The maximum atomic E-state index is 12.5. The molecule has 1 atom stereocenters. The minimum atomic E-state index is -3.63. The molecule has 1 amide bonds. The van der Waals surface area contributed by atoms with E-state index in [2.05, 4.69) is 15.1 Å². The molecule has 0 aliphatic carbocycles. The predicted molar refractivity (Wildman–Crippen MR) is 124 cm³/mol. The van der Waals surface area contributed by atoms with Gasteiger partial charge >= 0.3 is 5.97 Å². The van der Waals surface area contributed by atoms with Crippen LogP contribution in [0.3, 0.4) is 0 Å². The third-order valence-corrected chi connectivity index (χ3v) is 6.46. The number of nitrogens with one attached hydrogen (secondary N) is 2. The first-order valence-corrected chi connectivity index (χ1v) is 12.0. The molecule has 1 unspecified atom stereocenters. The van der Waals surface area contributed by atoms with E-state index >= 15 is 0 Å². The fourth-order valence-corrected chi connectivity index (χ4v) is 4.21. The quantitative estimate of drug-likeness (QED) is 0.463. The molecule has 0 fully saturated rings. The Kier molecular flexibility index (Phi) is 7.62. The standard InChI is InChI=1S/C23H26N4O5S/c1-4-16(3)26-33(30,31)20-12-6-17(7-13-20)22(28)24-18-8-10-19(11-9-18)27-15-14-21(25-27)23(29)32-5-2/h6-16,26H,4-5H2,1-3H3,(H,24,28). The van der Waals surface area contributed by atoms with Crippen molar-refractivity contribution in [2.75, 3.05) is 11.9 Å². The Balaban J connectivity index is 1.66. The number of carbonyl (C=O) groups excluding carboxylic acids is 2. The molecule has 3 rings (SSSR count). The minimum absolute atomic E-state index is 0.102. The molecule has 0 spiro atoms. The van der Waals surface area contributed by atoms with E-state index in [1.54, 1.807) is 50.4 Å². The molecule has 0 bridgehead atoms. The number of esters is 1. The van der Waals surface area contributed by atoms with E-state index in [0.29, 0.717) is 23.4 Å². The molecule has 10 heteroatoms. The number of ether oxygens (including phenoxy) is 1. The molecule has 33 heavy (non-hydrogen) atoms. The van der Waals surface area contributed by atoms with Gasteiger partial charge in [0.1, 0.15) is 0 Å². The van der Waals surface area contributed by atoms with E-state index in [1.807, 2.05) is 6.92 Å². The number of hydrogen-bond donors (Lipinski definition) is 2. The van der Waals surface area contributed by atoms with Gasteiger partial charge in [0.15, 0.2) is 5.69 Å². The largest absolute Gasteiger partial charge is 0.461 e. The van der Waals surface area contributed by atoms with Gasteiger partial charge in [-0.2, -0.15) is 5.10 Å². The lowest BCUT2D eigenvalue weighted by Crippen LogP contribution is -2.32. The van der Waals surface area contributed by atoms with Crippen molar-refractivity contribution in [2.45, 2.75) is 38.1 Å². The number of aromatic nitrogens is 2. The molecule has 2 N–H and O–H groups in total. The molecule has 2 aromatic carbocycles. The van der Waals surface area contributed by atoms with Gasteiger partial charge in [-0.3, -0.25) is 4.79 Å². The summed E-state index contributed by atoms with van der Waals surface area (Å²) in [6.07, 6.45) is 2.32. The van der Waals surface area contributed by atoms with Crippen LogP contribution >= 0.6 is 0 Å². The molecular weight excluding hydrogens is 444 g/mol. The summed E-state index contributed by atoms with van der Waals surface area (Å²) < 4.78 is 33.7. The van der Waals surface area contributed by atoms with Crippen molar-refractivity contribution in [1.29, 1.82) is 0 Å². The third-order valence-electron chi connectivity index (χ3n) is 4.86. The zero-order chi connectivity index (χ0) is 24.0. The fraction of sp³-hybridized carbons (Fsp3) is 0.261. The van der Waals surface area contributed by atoms with Gasteiger partial charge < -0.3 is 10.1 Å². The average Bonchev–Trinajstić information content (AvgIpc) is 3.30. The van der Waals surface area contributed by atoms with Crippen molar-refractivity contribution in [2.24, 2.45) is 0 Å². The van der Waals surface area contributed by atoms with Crippen molar-refractivity contribution < 1.29 is 22.7 Å². The first kappa shape index (κ1) is 24.1. The summed E-state index contributed by atoms with van der Waals surface area (Å²) in [5, 5.41) is 6.96. The lowest BCUT2D eigenvalue weighted by Gasteiger charge is -2.12. The number of rotatable bonds is 9. The monoisotopic (exact) mass is 470 g/mol. The van der Waals surface area contributed by atoms with Crippen LogP contribution in [0.15, 0.2) is 65.7 Å². The van der Waals surface area contributed by atoms with Gasteiger partial charge in [0, 0.05) is 23.5 Å². The molecule has 0 aliphatic rings. The van der Waals surface area contributed by atoms with Crippen LogP contribution in [-0.4, -0.2) is 42.7 Å². The van der Waals surface area contributed by atoms with Gasteiger partial charge in [-0.25, -0.2) is 22.6 Å². The molecule has 0 aliphatic heterocycles. The Morgan fingerprint density at radius 1 is 1.03 bits per heavy atom. The van der Waals surface area contributed by atoms with Crippen LogP contribution in [-0.2, 0) is 14.8 Å². The second kappa shape index (κ2) is 10.4. The lowest BCUT2D eigenvalue weighted by molar-refractivity contribution is 0.0518. The van der Waals surface area contributed by atoms with Crippen LogP contribution < -0.4 is 10.0 Å². The summed E-state index contributed by atoms with van der Waals surface area (Å²) in [6, 6.07) is 14.0. The second-order valence-corrected chi connectivity index (χ2v) is 9.04. The normalized spacial score (nSPS) is 12.2. The third kappa shape index (κ3) is 6.05. The number of amides is 1. The first-order chi connectivity index (χ1) is 15.7. The summed E-state index contributed by atoms with van der Waals surface area (Å²) in [6.45, 7) is 5.68. The first-order valence-electron chi connectivity index (χ1n) is 10.5. The van der Waals surface area contributed by atoms with Crippen molar-refractivity contribution in [3.8, 4) is 5.69 Å². The van der Waals surface area contributed by atoms with Crippen LogP contribution in [0.2, 0.25) is 0 Å². The molecule has 1 aromatic heterocycles. The van der Waals surface area contributed by atoms with E-state index in [-0.39, 0.29) is 29.1 Å². The molecule has 9 nitrogen and oxygen atoms in total. The Labute approximate surface area is 192 Å². The van der Waals surface area contributed by atoms with Crippen LogP contribution in [0.5, 0.6) is 0 Å². The van der Waals surface area contributed by atoms with Crippen LogP contribution in [0.25, 0.3) is 5.69 Å². The maximum Gasteiger partial charge on any atom is 0.358 e. The van der Waals surface area contributed by atoms with Crippen molar-refractivity contribution >= 4 is 27.6 Å². The van der Waals surface area contributed by atoms with E-state index in [4.69, 9.17) is 4.74 Å². The van der Waals surface area contributed by atoms with Crippen molar-refractivity contribution in [3.05, 3.63) is 72.1 Å². The summed E-state index contributed by atoms with van der Waals surface area (Å²) in [5.74, 6) is -0.861. The van der Waals surface area contributed by atoms with E-state index in [9.17, 15) is 18.0 Å². The second-order valence-electron chi connectivity index (χ2n) is 7.32. The number of anilines is 1. The van der Waals surface area contributed by atoms with E-state index in [1.165, 1.54) is 28.9 Å². The highest BCUT2D eigenvalue weighted by molar-refractivity contribution is 7.89. The average molecular weight is 471 g/mol. The van der Waals surface area contributed by atoms with Crippen LogP contribution in [0.4, 0.5) is 5.69 Å². The summed E-state index contributed by atoms with van der Waals surface area (Å²) >= 11 is 0. The van der Waals surface area contributed by atoms with Gasteiger partial charge in [-0.1, -0.05) is 6.92 Å². The van der Waals surface area contributed by atoms with Crippen LogP contribution in [0.1, 0.15) is 48.0 Å². The number of carbonyl (C=O) groups is 2. The summed E-state index contributed by atoms with van der Waals surface area (Å²) in [7, 11) is -3.63. The van der Waals surface area contributed by atoms with Gasteiger partial charge in [-0.05, 0) is 74.9 Å². The van der Waals surface area contributed by atoms with E-state index in [0.717, 1.165) is 0 Å². The summed E-state index contributed by atoms with van der Waals surface area (Å²) in [4.78, 5) is 24.4. The van der Waals surface area contributed by atoms with E-state index < -0.39 is 16.0 Å². The van der Waals surface area contributed by atoms with Gasteiger partial charge in [-0.15, -0.1) is 0 Å². The van der Waals surface area contributed by atoms with Gasteiger partial charge in [0.2, 0.25) is 10.0 Å². The molecule has 0 radical (unpaired) electrons. The van der Waals surface area contributed by atoms with Crippen molar-refractivity contribution in [1.82, 2.24) is 14.5 Å². The Bertz CT molecular complexity index is 1220. The molecule has 1 heterocycles. The number of hydrogen-bond acceptors (Lipinski definition) is 6. The molecular formula is C23H26N4O5S.